The van der Waals surface area contributed by atoms with Crippen molar-refractivity contribution < 1.29 is 13.9 Å². The highest BCUT2D eigenvalue weighted by molar-refractivity contribution is 5.87. The number of halogens is 1. The summed E-state index contributed by atoms with van der Waals surface area (Å²) in [4.78, 5) is 30.6. The van der Waals surface area contributed by atoms with E-state index in [0.717, 1.165) is 53.1 Å². The molecule has 3 aliphatic rings. The van der Waals surface area contributed by atoms with Gasteiger partial charge in [-0.25, -0.2) is 4.39 Å². The highest BCUT2D eigenvalue weighted by atomic mass is 19.1. The zero-order valence-corrected chi connectivity index (χ0v) is 25.3. The van der Waals surface area contributed by atoms with Crippen molar-refractivity contribution in [1.29, 1.82) is 0 Å². The Hall–Kier alpha value is -4.50. The van der Waals surface area contributed by atoms with Gasteiger partial charge >= 0.3 is 6.01 Å². The number of hydrogen-bond donors (Lipinski definition) is 0. The molecule has 0 spiro atoms. The first kappa shape index (κ1) is 28.3. The lowest BCUT2D eigenvalue weighted by molar-refractivity contribution is -0.126. The summed E-state index contributed by atoms with van der Waals surface area (Å²) in [6, 6.07) is 18.3. The number of hydrogen-bond acceptors (Lipinski definition) is 7. The number of nitrogens with zero attached hydrogens (tertiary/aromatic N) is 6. The number of piperazine rings is 1. The van der Waals surface area contributed by atoms with Crippen molar-refractivity contribution in [2.75, 3.05) is 42.5 Å². The maximum Gasteiger partial charge on any atom is 0.324 e. The van der Waals surface area contributed by atoms with Crippen molar-refractivity contribution in [2.24, 2.45) is 0 Å². The van der Waals surface area contributed by atoms with Gasteiger partial charge in [0.1, 0.15) is 17.4 Å². The summed E-state index contributed by atoms with van der Waals surface area (Å²) in [7, 11) is 0. The second kappa shape index (κ2) is 11.5. The van der Waals surface area contributed by atoms with Crippen molar-refractivity contribution >= 4 is 28.2 Å². The van der Waals surface area contributed by atoms with Gasteiger partial charge in [0, 0.05) is 63.0 Å². The number of benzene rings is 3. The van der Waals surface area contributed by atoms with Crippen LogP contribution in [0.3, 0.4) is 0 Å². The van der Waals surface area contributed by atoms with E-state index in [4.69, 9.17) is 14.7 Å². The predicted molar refractivity (Wildman–Crippen MR) is 171 cm³/mol. The van der Waals surface area contributed by atoms with Gasteiger partial charge in [0.2, 0.25) is 5.91 Å². The van der Waals surface area contributed by atoms with E-state index in [1.807, 2.05) is 47.4 Å². The van der Waals surface area contributed by atoms with E-state index in [2.05, 4.69) is 36.3 Å². The second-order valence-electron chi connectivity index (χ2n) is 12.1. The van der Waals surface area contributed by atoms with Crippen LogP contribution in [0.5, 0.6) is 11.8 Å². The molecule has 3 aliphatic heterocycles. The molecule has 0 bridgehead atoms. The van der Waals surface area contributed by atoms with Gasteiger partial charge in [-0.05, 0) is 60.9 Å². The Labute approximate surface area is 257 Å². The largest absolute Gasteiger partial charge is 0.424 e. The molecule has 0 aliphatic carbocycles. The minimum Gasteiger partial charge on any atom is -0.424 e. The van der Waals surface area contributed by atoms with Gasteiger partial charge in [-0.2, -0.15) is 9.97 Å². The SMILES string of the molecule is C=CC(=O)N1CCN(c2nc(Oc3cccc4c3CCN(C(C)C)C4)nc3c2CN(c2cc4ccccc4cc2F)C3)CC1. The molecule has 4 aromatic rings. The quantitative estimate of drug-likeness (QED) is 0.267. The standard InChI is InChI=1S/C35H37FN6O2/c1-4-33(43)39-14-16-40(17-15-39)34-28-21-42(31-19-25-9-6-5-8-24(25)18-29(31)36)22-30(28)37-35(38-34)44-32-11-7-10-26-20-41(23(2)3)13-12-27(26)32/h4-11,18-19,23H,1,12-17,20-22H2,2-3H3. The third kappa shape index (κ3) is 5.26. The van der Waals surface area contributed by atoms with Crippen LogP contribution < -0.4 is 14.5 Å². The molecule has 1 amide bonds. The fraction of sp³-hybridized carbons (Fsp3) is 0.343. The fourth-order valence-corrected chi connectivity index (χ4v) is 6.63. The van der Waals surface area contributed by atoms with Gasteiger partial charge in [0.05, 0.1) is 17.9 Å². The molecule has 0 radical (unpaired) electrons. The smallest absolute Gasteiger partial charge is 0.324 e. The average Bonchev–Trinajstić information content (AvgIpc) is 3.47. The average molecular weight is 593 g/mol. The van der Waals surface area contributed by atoms with Crippen molar-refractivity contribution in [3.05, 3.63) is 95.5 Å². The summed E-state index contributed by atoms with van der Waals surface area (Å²) in [5.41, 5.74) is 4.81. The molecule has 0 unspecified atom stereocenters. The fourth-order valence-electron chi connectivity index (χ4n) is 6.63. The molecule has 0 N–H and O–H groups in total. The number of ether oxygens (including phenoxy) is 1. The van der Waals surface area contributed by atoms with Crippen LogP contribution in [0.2, 0.25) is 0 Å². The number of amides is 1. The molecule has 1 fully saturated rings. The molecule has 1 saturated heterocycles. The minimum atomic E-state index is -0.259. The van der Waals surface area contributed by atoms with Crippen LogP contribution in [-0.4, -0.2) is 64.4 Å². The van der Waals surface area contributed by atoms with Gasteiger partial charge in [-0.3, -0.25) is 9.69 Å². The number of carbonyl (C=O) groups is 1. The topological polar surface area (TPSA) is 65.0 Å². The number of fused-ring (bicyclic) bond motifs is 3. The van der Waals surface area contributed by atoms with Crippen LogP contribution >= 0.6 is 0 Å². The first-order valence-corrected chi connectivity index (χ1v) is 15.4. The molecule has 0 atom stereocenters. The molecular weight excluding hydrogens is 555 g/mol. The molecule has 7 rings (SSSR count). The predicted octanol–water partition coefficient (Wildman–Crippen LogP) is 5.68. The highest BCUT2D eigenvalue weighted by Gasteiger charge is 2.32. The van der Waals surface area contributed by atoms with E-state index in [1.165, 1.54) is 17.2 Å². The lowest BCUT2D eigenvalue weighted by atomic mass is 9.98. The Kier molecular flexibility index (Phi) is 7.42. The Morgan fingerprint density at radius 3 is 2.43 bits per heavy atom. The maximum atomic E-state index is 15.4. The van der Waals surface area contributed by atoms with E-state index >= 15 is 4.39 Å². The molecule has 9 heteroatoms. The summed E-state index contributed by atoms with van der Waals surface area (Å²) >= 11 is 0. The Morgan fingerprint density at radius 1 is 0.909 bits per heavy atom. The van der Waals surface area contributed by atoms with Gasteiger partial charge in [-0.1, -0.05) is 43.0 Å². The van der Waals surface area contributed by atoms with Crippen molar-refractivity contribution in [1.82, 2.24) is 19.8 Å². The first-order chi connectivity index (χ1) is 21.4. The number of anilines is 2. The van der Waals surface area contributed by atoms with Crippen LogP contribution in [-0.2, 0) is 30.8 Å². The van der Waals surface area contributed by atoms with Crippen LogP contribution in [0, 0.1) is 5.82 Å². The number of rotatable bonds is 6. The zero-order chi connectivity index (χ0) is 30.4. The molecule has 3 aromatic carbocycles. The summed E-state index contributed by atoms with van der Waals surface area (Å²) < 4.78 is 21.9. The third-order valence-electron chi connectivity index (χ3n) is 9.15. The number of aromatic nitrogens is 2. The molecule has 226 valence electrons. The van der Waals surface area contributed by atoms with Gasteiger partial charge in [0.15, 0.2) is 0 Å². The summed E-state index contributed by atoms with van der Waals surface area (Å²) in [5.74, 6) is 1.25. The Bertz CT molecular complexity index is 1750. The summed E-state index contributed by atoms with van der Waals surface area (Å²) in [5, 5.41) is 1.86. The highest BCUT2D eigenvalue weighted by Crippen LogP contribution is 2.38. The van der Waals surface area contributed by atoms with E-state index < -0.39 is 0 Å². The van der Waals surface area contributed by atoms with Crippen LogP contribution in [0.25, 0.3) is 10.8 Å². The van der Waals surface area contributed by atoms with Gasteiger partial charge in [-0.15, -0.1) is 0 Å². The van der Waals surface area contributed by atoms with Crippen molar-refractivity contribution in [3.63, 3.8) is 0 Å². The molecular formula is C35H37FN6O2. The minimum absolute atomic E-state index is 0.0653. The first-order valence-electron chi connectivity index (χ1n) is 15.4. The molecule has 0 saturated carbocycles. The molecule has 8 nitrogen and oxygen atoms in total. The van der Waals surface area contributed by atoms with E-state index in [9.17, 15) is 4.79 Å². The van der Waals surface area contributed by atoms with Gasteiger partial charge in [0.25, 0.3) is 0 Å². The molecule has 44 heavy (non-hydrogen) atoms. The lowest BCUT2D eigenvalue weighted by Gasteiger charge is -2.35. The zero-order valence-electron chi connectivity index (χ0n) is 25.3. The lowest BCUT2D eigenvalue weighted by Crippen LogP contribution is -2.48. The van der Waals surface area contributed by atoms with E-state index in [1.54, 1.807) is 11.0 Å². The normalized spacial score (nSPS) is 16.8. The van der Waals surface area contributed by atoms with Crippen molar-refractivity contribution in [2.45, 2.75) is 45.9 Å². The number of carbonyl (C=O) groups excluding carboxylic acids is 1. The molecule has 4 heterocycles. The second-order valence-corrected chi connectivity index (χ2v) is 12.1. The van der Waals surface area contributed by atoms with E-state index in [-0.39, 0.29) is 11.7 Å². The third-order valence-corrected chi connectivity index (χ3v) is 9.15. The van der Waals surface area contributed by atoms with Crippen LogP contribution in [0.15, 0.2) is 67.3 Å². The van der Waals surface area contributed by atoms with Crippen LogP contribution in [0.4, 0.5) is 15.9 Å². The Balaban J connectivity index is 1.23. The summed E-state index contributed by atoms with van der Waals surface area (Å²) in [6.45, 7) is 13.3. The van der Waals surface area contributed by atoms with E-state index in [0.29, 0.717) is 57.0 Å². The van der Waals surface area contributed by atoms with Gasteiger partial charge < -0.3 is 19.4 Å². The van der Waals surface area contributed by atoms with Crippen LogP contribution in [0.1, 0.15) is 36.2 Å². The molecule has 1 aromatic heterocycles. The van der Waals surface area contributed by atoms with Crippen molar-refractivity contribution in [3.8, 4) is 11.8 Å². The maximum absolute atomic E-state index is 15.4. The monoisotopic (exact) mass is 592 g/mol. The summed E-state index contributed by atoms with van der Waals surface area (Å²) in [6.07, 6.45) is 2.26. The Morgan fingerprint density at radius 2 is 1.68 bits per heavy atom.